The molecule has 14 heavy (non-hydrogen) atoms. The van der Waals surface area contributed by atoms with Crippen molar-refractivity contribution in [1.82, 2.24) is 9.55 Å². The van der Waals surface area contributed by atoms with Crippen LogP contribution in [0.4, 0.5) is 0 Å². The minimum atomic E-state index is 0.679. The standard InChI is InChI=1S/C12H18N2/c1-8-4-3-5-11-13-12(10-6-7-10)9(2)14(8)11/h8,10H,3-7H2,1-2H3. The molecule has 1 aliphatic carbocycles. The van der Waals surface area contributed by atoms with E-state index in [4.69, 9.17) is 4.98 Å². The molecule has 0 bridgehead atoms. The lowest BCUT2D eigenvalue weighted by Crippen LogP contribution is -2.16. The van der Waals surface area contributed by atoms with Gasteiger partial charge in [-0.25, -0.2) is 4.98 Å². The van der Waals surface area contributed by atoms with E-state index in [-0.39, 0.29) is 0 Å². The highest BCUT2D eigenvalue weighted by molar-refractivity contribution is 5.25. The van der Waals surface area contributed by atoms with Gasteiger partial charge in [-0.15, -0.1) is 0 Å². The first-order valence-corrected chi connectivity index (χ1v) is 5.85. The van der Waals surface area contributed by atoms with Crippen molar-refractivity contribution in [1.29, 1.82) is 0 Å². The molecule has 0 spiro atoms. The van der Waals surface area contributed by atoms with Gasteiger partial charge in [0.15, 0.2) is 0 Å². The summed E-state index contributed by atoms with van der Waals surface area (Å²) in [6.07, 6.45) is 6.57. The summed E-state index contributed by atoms with van der Waals surface area (Å²) in [5, 5.41) is 0. The number of hydrogen-bond donors (Lipinski definition) is 0. The zero-order chi connectivity index (χ0) is 9.71. The van der Waals surface area contributed by atoms with Crippen LogP contribution in [-0.2, 0) is 6.42 Å². The summed E-state index contributed by atoms with van der Waals surface area (Å²) in [7, 11) is 0. The van der Waals surface area contributed by atoms with E-state index < -0.39 is 0 Å². The highest BCUT2D eigenvalue weighted by Gasteiger charge is 2.31. The molecule has 1 fully saturated rings. The second kappa shape index (κ2) is 2.85. The normalized spacial score (nSPS) is 26.3. The molecule has 0 saturated heterocycles. The van der Waals surface area contributed by atoms with Crippen molar-refractivity contribution in [2.75, 3.05) is 0 Å². The molecule has 1 unspecified atom stereocenters. The molecular formula is C12H18N2. The molecule has 2 heteroatoms. The van der Waals surface area contributed by atoms with E-state index in [1.54, 1.807) is 0 Å². The Bertz CT molecular complexity index is 361. The Labute approximate surface area is 85.3 Å². The van der Waals surface area contributed by atoms with E-state index in [1.165, 1.54) is 49.3 Å². The summed E-state index contributed by atoms with van der Waals surface area (Å²) in [5.41, 5.74) is 2.86. The molecule has 1 saturated carbocycles. The van der Waals surface area contributed by atoms with Crippen LogP contribution in [0.15, 0.2) is 0 Å². The van der Waals surface area contributed by atoms with Gasteiger partial charge in [0.1, 0.15) is 5.82 Å². The Morgan fingerprint density at radius 3 is 2.71 bits per heavy atom. The SMILES string of the molecule is Cc1c(C2CC2)nc2n1C(C)CCC2. The first-order chi connectivity index (χ1) is 6.77. The minimum absolute atomic E-state index is 0.679. The number of hydrogen-bond acceptors (Lipinski definition) is 1. The largest absolute Gasteiger partial charge is 0.329 e. The quantitative estimate of drug-likeness (QED) is 0.665. The molecule has 3 rings (SSSR count). The third-order valence-electron chi connectivity index (χ3n) is 3.69. The molecule has 1 atom stereocenters. The van der Waals surface area contributed by atoms with E-state index in [2.05, 4.69) is 18.4 Å². The van der Waals surface area contributed by atoms with E-state index in [0.29, 0.717) is 6.04 Å². The van der Waals surface area contributed by atoms with Gasteiger partial charge in [-0.1, -0.05) is 0 Å². The molecule has 0 N–H and O–H groups in total. The molecule has 0 amide bonds. The van der Waals surface area contributed by atoms with Crippen molar-refractivity contribution in [3.63, 3.8) is 0 Å². The average molecular weight is 190 g/mol. The lowest BCUT2D eigenvalue weighted by atomic mass is 10.1. The second-order valence-corrected chi connectivity index (χ2v) is 4.88. The number of rotatable bonds is 1. The molecule has 1 aliphatic heterocycles. The molecule has 0 radical (unpaired) electrons. The Kier molecular flexibility index (Phi) is 1.73. The lowest BCUT2D eigenvalue weighted by Gasteiger charge is -2.22. The van der Waals surface area contributed by atoms with E-state index in [1.807, 2.05) is 0 Å². The highest BCUT2D eigenvalue weighted by atomic mass is 15.1. The van der Waals surface area contributed by atoms with Gasteiger partial charge in [-0.2, -0.15) is 0 Å². The number of aromatic nitrogens is 2. The van der Waals surface area contributed by atoms with Crippen LogP contribution in [0.1, 0.15) is 61.8 Å². The molecular weight excluding hydrogens is 172 g/mol. The van der Waals surface area contributed by atoms with Crippen LogP contribution in [0.3, 0.4) is 0 Å². The van der Waals surface area contributed by atoms with Crippen molar-refractivity contribution >= 4 is 0 Å². The summed E-state index contributed by atoms with van der Waals surface area (Å²) in [5.74, 6) is 2.16. The smallest absolute Gasteiger partial charge is 0.109 e. The minimum Gasteiger partial charge on any atom is -0.329 e. The average Bonchev–Trinajstić information content (AvgIpc) is 2.93. The number of aryl methyl sites for hydroxylation is 1. The molecule has 2 aliphatic rings. The Morgan fingerprint density at radius 1 is 1.29 bits per heavy atom. The van der Waals surface area contributed by atoms with Crippen molar-refractivity contribution in [3.05, 3.63) is 17.2 Å². The monoisotopic (exact) mass is 190 g/mol. The predicted molar refractivity (Wildman–Crippen MR) is 56.6 cm³/mol. The topological polar surface area (TPSA) is 17.8 Å². The molecule has 2 nitrogen and oxygen atoms in total. The fourth-order valence-corrected chi connectivity index (χ4v) is 2.78. The lowest BCUT2D eigenvalue weighted by molar-refractivity contribution is 0.419. The summed E-state index contributed by atoms with van der Waals surface area (Å²) >= 11 is 0. The molecule has 1 aromatic rings. The van der Waals surface area contributed by atoms with Gasteiger partial charge in [0.25, 0.3) is 0 Å². The first kappa shape index (κ1) is 8.51. The van der Waals surface area contributed by atoms with Gasteiger partial charge in [0, 0.05) is 24.1 Å². The third-order valence-corrected chi connectivity index (χ3v) is 3.69. The van der Waals surface area contributed by atoms with E-state index in [0.717, 1.165) is 5.92 Å². The zero-order valence-electron chi connectivity index (χ0n) is 9.08. The van der Waals surface area contributed by atoms with Gasteiger partial charge < -0.3 is 4.57 Å². The van der Waals surface area contributed by atoms with Gasteiger partial charge >= 0.3 is 0 Å². The number of imidazole rings is 1. The molecule has 1 aromatic heterocycles. The second-order valence-electron chi connectivity index (χ2n) is 4.88. The molecule has 76 valence electrons. The number of fused-ring (bicyclic) bond motifs is 1. The van der Waals surface area contributed by atoms with Crippen LogP contribution in [0, 0.1) is 6.92 Å². The third kappa shape index (κ3) is 1.13. The fourth-order valence-electron chi connectivity index (χ4n) is 2.78. The summed E-state index contributed by atoms with van der Waals surface area (Å²) < 4.78 is 2.48. The van der Waals surface area contributed by atoms with Crippen molar-refractivity contribution in [2.24, 2.45) is 0 Å². The maximum Gasteiger partial charge on any atom is 0.109 e. The van der Waals surface area contributed by atoms with Crippen molar-refractivity contribution in [2.45, 2.75) is 57.9 Å². The summed E-state index contributed by atoms with van der Waals surface area (Å²) in [6, 6.07) is 0.679. The van der Waals surface area contributed by atoms with Crippen molar-refractivity contribution < 1.29 is 0 Å². The van der Waals surface area contributed by atoms with Crippen LogP contribution in [0.5, 0.6) is 0 Å². The van der Waals surface area contributed by atoms with Gasteiger partial charge in [0.05, 0.1) is 5.69 Å². The fraction of sp³-hybridized carbons (Fsp3) is 0.750. The summed E-state index contributed by atoms with van der Waals surface area (Å²) in [6.45, 7) is 4.58. The first-order valence-electron chi connectivity index (χ1n) is 5.85. The zero-order valence-corrected chi connectivity index (χ0v) is 9.08. The maximum atomic E-state index is 4.83. The van der Waals surface area contributed by atoms with E-state index in [9.17, 15) is 0 Å². The van der Waals surface area contributed by atoms with Crippen LogP contribution < -0.4 is 0 Å². The highest BCUT2D eigenvalue weighted by Crippen LogP contribution is 2.42. The van der Waals surface area contributed by atoms with Crippen molar-refractivity contribution in [3.8, 4) is 0 Å². The molecule has 0 aromatic carbocycles. The van der Waals surface area contributed by atoms with Gasteiger partial charge in [-0.3, -0.25) is 0 Å². The molecule has 2 heterocycles. The van der Waals surface area contributed by atoms with Crippen LogP contribution in [-0.4, -0.2) is 9.55 Å². The van der Waals surface area contributed by atoms with Crippen LogP contribution in [0.25, 0.3) is 0 Å². The van der Waals surface area contributed by atoms with Gasteiger partial charge in [0.2, 0.25) is 0 Å². The Balaban J connectivity index is 2.09. The predicted octanol–water partition coefficient (Wildman–Crippen LogP) is 2.97. The Morgan fingerprint density at radius 2 is 2.07 bits per heavy atom. The maximum absolute atomic E-state index is 4.83. The van der Waals surface area contributed by atoms with Crippen LogP contribution in [0.2, 0.25) is 0 Å². The Hall–Kier alpha value is -0.790. The number of nitrogens with zero attached hydrogens (tertiary/aromatic N) is 2. The summed E-state index contributed by atoms with van der Waals surface area (Å²) in [4.78, 5) is 4.83. The van der Waals surface area contributed by atoms with Crippen LogP contribution >= 0.6 is 0 Å². The van der Waals surface area contributed by atoms with E-state index >= 15 is 0 Å². The van der Waals surface area contributed by atoms with Gasteiger partial charge in [-0.05, 0) is 39.5 Å².